The van der Waals surface area contributed by atoms with Crippen molar-refractivity contribution >= 4 is 0 Å². The van der Waals surface area contributed by atoms with E-state index in [1.54, 1.807) is 7.11 Å². The minimum absolute atomic E-state index is 0.0258. The van der Waals surface area contributed by atoms with Crippen molar-refractivity contribution in [3.8, 4) is 5.75 Å². The van der Waals surface area contributed by atoms with E-state index in [4.69, 9.17) is 10.5 Å². The van der Waals surface area contributed by atoms with Crippen LogP contribution < -0.4 is 15.8 Å². The first kappa shape index (κ1) is 19.3. The second kappa shape index (κ2) is 9.01. The van der Waals surface area contributed by atoms with Crippen LogP contribution in [0.5, 0.6) is 5.75 Å². The number of hydrogen-bond acceptors (Lipinski definition) is 6. The Morgan fingerprint density at radius 2 is 1.75 bits per heavy atom. The van der Waals surface area contributed by atoms with Crippen molar-refractivity contribution in [3.05, 3.63) is 35.7 Å². The van der Waals surface area contributed by atoms with Crippen molar-refractivity contribution in [2.75, 3.05) is 7.11 Å². The van der Waals surface area contributed by atoms with E-state index in [1.165, 1.54) is 24.8 Å². The Bertz CT molecular complexity index is 732. The molecule has 0 bridgehead atoms. The molecule has 152 valence electrons. The fraction of sp³-hybridized carbons (Fsp3) is 0.667. The predicted molar refractivity (Wildman–Crippen MR) is 108 cm³/mol. The third-order valence-electron chi connectivity index (χ3n) is 6.32. The largest absolute Gasteiger partial charge is 0.497 e. The average Bonchev–Trinajstić information content (AvgIpc) is 3.24. The number of nitrogens with zero attached hydrogens (tertiary/aromatic N) is 4. The SMILES string of the molecule is COc1ccc(C(NC2CCC(N)CC2)c2nnnn2C2CCCCC2)cc1. The van der Waals surface area contributed by atoms with Crippen molar-refractivity contribution < 1.29 is 4.74 Å². The smallest absolute Gasteiger partial charge is 0.173 e. The summed E-state index contributed by atoms with van der Waals surface area (Å²) in [7, 11) is 1.69. The maximum absolute atomic E-state index is 6.11. The molecule has 0 radical (unpaired) electrons. The van der Waals surface area contributed by atoms with Gasteiger partial charge in [0, 0.05) is 12.1 Å². The van der Waals surface area contributed by atoms with Crippen LogP contribution in [0.25, 0.3) is 0 Å². The first-order valence-electron chi connectivity index (χ1n) is 10.7. The molecule has 2 aliphatic rings. The van der Waals surface area contributed by atoms with Gasteiger partial charge in [0.05, 0.1) is 19.2 Å². The van der Waals surface area contributed by atoms with E-state index in [-0.39, 0.29) is 6.04 Å². The fourth-order valence-electron chi connectivity index (χ4n) is 4.61. The molecular formula is C21H32N6O. The van der Waals surface area contributed by atoms with Crippen LogP contribution in [0, 0.1) is 0 Å². The molecule has 2 saturated carbocycles. The van der Waals surface area contributed by atoms with Gasteiger partial charge in [-0.25, -0.2) is 4.68 Å². The monoisotopic (exact) mass is 384 g/mol. The molecule has 2 aliphatic carbocycles. The van der Waals surface area contributed by atoms with Crippen molar-refractivity contribution in [2.45, 2.75) is 82.0 Å². The summed E-state index contributed by atoms with van der Waals surface area (Å²) in [5, 5.41) is 16.8. The highest BCUT2D eigenvalue weighted by Crippen LogP contribution is 2.32. The number of nitrogens with one attached hydrogen (secondary N) is 1. The Labute approximate surface area is 167 Å². The second-order valence-corrected chi connectivity index (χ2v) is 8.26. The minimum Gasteiger partial charge on any atom is -0.497 e. The number of aromatic nitrogens is 4. The lowest BCUT2D eigenvalue weighted by atomic mass is 9.90. The van der Waals surface area contributed by atoms with E-state index in [9.17, 15) is 0 Å². The summed E-state index contributed by atoms with van der Waals surface area (Å²) in [5.41, 5.74) is 7.28. The van der Waals surface area contributed by atoms with Gasteiger partial charge in [-0.05, 0) is 66.6 Å². The van der Waals surface area contributed by atoms with E-state index in [0.717, 1.165) is 50.1 Å². The van der Waals surface area contributed by atoms with E-state index in [2.05, 4.69) is 37.7 Å². The highest BCUT2D eigenvalue weighted by molar-refractivity contribution is 5.32. The number of methoxy groups -OCH3 is 1. The zero-order valence-corrected chi connectivity index (χ0v) is 16.8. The molecule has 2 aromatic rings. The lowest BCUT2D eigenvalue weighted by Crippen LogP contribution is -2.40. The molecule has 1 aromatic carbocycles. The van der Waals surface area contributed by atoms with E-state index >= 15 is 0 Å². The minimum atomic E-state index is -0.0258. The zero-order chi connectivity index (χ0) is 19.3. The van der Waals surface area contributed by atoms with E-state index in [0.29, 0.717) is 18.1 Å². The number of hydrogen-bond donors (Lipinski definition) is 2. The van der Waals surface area contributed by atoms with Gasteiger partial charge < -0.3 is 15.8 Å². The molecule has 0 aliphatic heterocycles. The summed E-state index contributed by atoms with van der Waals surface area (Å²) in [4.78, 5) is 0. The Balaban J connectivity index is 1.61. The Kier molecular flexibility index (Phi) is 6.22. The molecular weight excluding hydrogens is 352 g/mol. The molecule has 0 spiro atoms. The summed E-state index contributed by atoms with van der Waals surface area (Å²) >= 11 is 0. The van der Waals surface area contributed by atoms with Gasteiger partial charge in [-0.15, -0.1) is 5.10 Å². The number of benzene rings is 1. The third kappa shape index (κ3) is 4.36. The highest BCUT2D eigenvalue weighted by Gasteiger charge is 2.29. The van der Waals surface area contributed by atoms with Gasteiger partial charge in [-0.3, -0.25) is 0 Å². The maximum Gasteiger partial charge on any atom is 0.173 e. The number of tetrazole rings is 1. The van der Waals surface area contributed by atoms with Crippen molar-refractivity contribution in [3.63, 3.8) is 0 Å². The average molecular weight is 385 g/mol. The van der Waals surface area contributed by atoms with Gasteiger partial charge in [0.25, 0.3) is 0 Å². The molecule has 3 N–H and O–H groups in total. The Hall–Kier alpha value is -1.99. The van der Waals surface area contributed by atoms with Crippen LogP contribution in [-0.2, 0) is 0 Å². The zero-order valence-electron chi connectivity index (χ0n) is 16.8. The van der Waals surface area contributed by atoms with Crippen LogP contribution in [-0.4, -0.2) is 39.4 Å². The summed E-state index contributed by atoms with van der Waals surface area (Å²) in [5.74, 6) is 1.78. The Morgan fingerprint density at radius 1 is 1.04 bits per heavy atom. The van der Waals surface area contributed by atoms with Gasteiger partial charge >= 0.3 is 0 Å². The van der Waals surface area contributed by atoms with Crippen LogP contribution in [0.1, 0.15) is 81.3 Å². The third-order valence-corrected chi connectivity index (χ3v) is 6.32. The number of nitrogens with two attached hydrogens (primary N) is 1. The van der Waals surface area contributed by atoms with Crippen LogP contribution in [0.4, 0.5) is 0 Å². The van der Waals surface area contributed by atoms with Gasteiger partial charge in [-0.2, -0.15) is 0 Å². The lowest BCUT2D eigenvalue weighted by Gasteiger charge is -2.31. The van der Waals surface area contributed by atoms with Crippen LogP contribution in [0.15, 0.2) is 24.3 Å². The van der Waals surface area contributed by atoms with Crippen LogP contribution in [0.2, 0.25) is 0 Å². The molecule has 2 fully saturated rings. The molecule has 0 amide bonds. The Morgan fingerprint density at radius 3 is 2.43 bits per heavy atom. The van der Waals surface area contributed by atoms with Crippen LogP contribution in [0.3, 0.4) is 0 Å². The molecule has 4 rings (SSSR count). The highest BCUT2D eigenvalue weighted by atomic mass is 16.5. The van der Waals surface area contributed by atoms with Gasteiger partial charge in [0.2, 0.25) is 0 Å². The topological polar surface area (TPSA) is 90.9 Å². The van der Waals surface area contributed by atoms with E-state index < -0.39 is 0 Å². The maximum atomic E-state index is 6.11. The summed E-state index contributed by atoms with van der Waals surface area (Å²) < 4.78 is 7.42. The lowest BCUT2D eigenvalue weighted by molar-refractivity contribution is 0.293. The first-order valence-corrected chi connectivity index (χ1v) is 10.7. The van der Waals surface area contributed by atoms with Gasteiger partial charge in [0.15, 0.2) is 5.82 Å². The van der Waals surface area contributed by atoms with Crippen molar-refractivity contribution in [2.24, 2.45) is 5.73 Å². The molecule has 0 saturated heterocycles. The predicted octanol–water partition coefficient (Wildman–Crippen LogP) is 3.14. The molecule has 1 aromatic heterocycles. The van der Waals surface area contributed by atoms with Crippen LogP contribution >= 0.6 is 0 Å². The first-order chi connectivity index (χ1) is 13.7. The molecule has 7 nitrogen and oxygen atoms in total. The number of rotatable bonds is 6. The number of ether oxygens (including phenoxy) is 1. The molecule has 7 heteroatoms. The standard InChI is InChI=1S/C21H32N6O/c1-28-19-13-7-15(8-14-19)20(23-17-11-9-16(22)10-12-17)21-24-25-26-27(21)18-5-3-2-4-6-18/h7-8,13-14,16-18,20,23H,2-6,9-12,22H2,1H3. The molecule has 28 heavy (non-hydrogen) atoms. The summed E-state index contributed by atoms with van der Waals surface area (Å²) in [6.45, 7) is 0. The summed E-state index contributed by atoms with van der Waals surface area (Å²) in [6.07, 6.45) is 10.5. The second-order valence-electron chi connectivity index (χ2n) is 8.26. The summed E-state index contributed by atoms with van der Waals surface area (Å²) in [6, 6.07) is 9.40. The van der Waals surface area contributed by atoms with Crippen molar-refractivity contribution in [1.82, 2.24) is 25.5 Å². The van der Waals surface area contributed by atoms with Gasteiger partial charge in [0.1, 0.15) is 5.75 Å². The fourth-order valence-corrected chi connectivity index (χ4v) is 4.61. The molecule has 1 atom stereocenters. The van der Waals surface area contributed by atoms with Crippen molar-refractivity contribution in [1.29, 1.82) is 0 Å². The quantitative estimate of drug-likeness (QED) is 0.795. The molecule has 1 heterocycles. The van der Waals surface area contributed by atoms with E-state index in [1.807, 2.05) is 12.1 Å². The van der Waals surface area contributed by atoms with Gasteiger partial charge in [-0.1, -0.05) is 31.4 Å². The molecule has 1 unspecified atom stereocenters. The normalized spacial score (nSPS) is 24.8.